The fourth-order valence-electron chi connectivity index (χ4n) is 4.33. The van der Waals surface area contributed by atoms with E-state index in [4.69, 9.17) is 0 Å². The van der Waals surface area contributed by atoms with Crippen LogP contribution in [0.4, 0.5) is 0 Å². The van der Waals surface area contributed by atoms with Crippen molar-refractivity contribution in [1.29, 1.82) is 0 Å². The van der Waals surface area contributed by atoms with E-state index in [1.54, 1.807) is 75.2 Å². The lowest BCUT2D eigenvalue weighted by atomic mass is 9.99. The van der Waals surface area contributed by atoms with Gasteiger partial charge in [-0.15, -0.1) is 5.92 Å². The molecule has 0 aliphatic heterocycles. The Kier molecular flexibility index (Phi) is 13.3. The number of aliphatic hydroxyl groups excluding tert-OH is 1. The van der Waals surface area contributed by atoms with Crippen molar-refractivity contribution in [2.24, 2.45) is 5.92 Å². The second kappa shape index (κ2) is 16.4. The lowest BCUT2D eigenvalue weighted by Gasteiger charge is -2.29. The van der Waals surface area contributed by atoms with Gasteiger partial charge in [0.15, 0.2) is 0 Å². The molecule has 222 valence electrons. The van der Waals surface area contributed by atoms with Gasteiger partial charge < -0.3 is 20.4 Å². The number of hydrogen-bond acceptors (Lipinski definition) is 6. The summed E-state index contributed by atoms with van der Waals surface area (Å²) in [5.41, 5.74) is 4.69. The standard InChI is InChI=1S/C32H44N4O5/c1-7-10-24-17-25(20-26(18-24)32(41)36(15-8-2)16-9-3)31(40)33-28(19-23-11-13-27(37)14-12-23)29(38)21-35(6)34-30(39)22(4)5/h11-14,17-18,20,22,28-29,37-38H,8-9,15-16,19,21H2,1-6H3,(H,33,40)(H,34,39). The molecule has 0 radical (unpaired) electrons. The molecule has 2 atom stereocenters. The van der Waals surface area contributed by atoms with Crippen molar-refractivity contribution in [2.75, 3.05) is 26.7 Å². The van der Waals surface area contributed by atoms with E-state index in [0.717, 1.165) is 18.4 Å². The normalized spacial score (nSPS) is 12.3. The Morgan fingerprint density at radius 3 is 2.15 bits per heavy atom. The first-order valence-corrected chi connectivity index (χ1v) is 14.1. The van der Waals surface area contributed by atoms with Crippen LogP contribution in [-0.4, -0.2) is 76.7 Å². The number of rotatable bonds is 14. The Morgan fingerprint density at radius 2 is 1.59 bits per heavy atom. The van der Waals surface area contributed by atoms with E-state index in [1.807, 2.05) is 13.8 Å². The van der Waals surface area contributed by atoms with Crippen molar-refractivity contribution in [2.45, 2.75) is 66.0 Å². The van der Waals surface area contributed by atoms with Crippen LogP contribution >= 0.6 is 0 Å². The van der Waals surface area contributed by atoms with Gasteiger partial charge in [-0.2, -0.15) is 0 Å². The van der Waals surface area contributed by atoms with Crippen LogP contribution in [0.1, 0.15) is 79.3 Å². The molecule has 0 aliphatic rings. The molecule has 0 aliphatic carbocycles. The molecule has 4 N–H and O–H groups in total. The molecule has 2 aromatic rings. The first kappa shape index (κ1) is 33.3. The summed E-state index contributed by atoms with van der Waals surface area (Å²) in [6, 6.07) is 10.7. The number of hydrogen-bond donors (Lipinski definition) is 4. The lowest BCUT2D eigenvalue weighted by Crippen LogP contribution is -2.52. The molecule has 0 fully saturated rings. The van der Waals surface area contributed by atoms with Gasteiger partial charge in [0.2, 0.25) is 5.91 Å². The van der Waals surface area contributed by atoms with Gasteiger partial charge in [-0.05, 0) is 62.1 Å². The molecule has 9 nitrogen and oxygen atoms in total. The number of hydrazine groups is 1. The van der Waals surface area contributed by atoms with Gasteiger partial charge in [-0.1, -0.05) is 45.7 Å². The third-order valence-corrected chi connectivity index (χ3v) is 6.45. The fourth-order valence-corrected chi connectivity index (χ4v) is 4.33. The molecule has 2 rings (SSSR count). The number of amides is 3. The van der Waals surface area contributed by atoms with Crippen LogP contribution in [0.3, 0.4) is 0 Å². The van der Waals surface area contributed by atoms with Gasteiger partial charge in [0.25, 0.3) is 11.8 Å². The van der Waals surface area contributed by atoms with E-state index in [0.29, 0.717) is 24.2 Å². The average Bonchev–Trinajstić information content (AvgIpc) is 2.93. The van der Waals surface area contributed by atoms with E-state index in [2.05, 4.69) is 22.6 Å². The molecule has 0 saturated carbocycles. The average molecular weight is 565 g/mol. The highest BCUT2D eigenvalue weighted by Gasteiger charge is 2.26. The molecule has 3 amide bonds. The maximum atomic E-state index is 13.6. The summed E-state index contributed by atoms with van der Waals surface area (Å²) in [6.07, 6.45) is 0.835. The van der Waals surface area contributed by atoms with E-state index in [1.165, 1.54) is 5.01 Å². The first-order chi connectivity index (χ1) is 19.5. The summed E-state index contributed by atoms with van der Waals surface area (Å²) in [7, 11) is 1.64. The molecular formula is C32H44N4O5. The highest BCUT2D eigenvalue weighted by molar-refractivity contribution is 6.00. The smallest absolute Gasteiger partial charge is 0.253 e. The van der Waals surface area contributed by atoms with Crippen LogP contribution in [0.15, 0.2) is 42.5 Å². The third kappa shape index (κ3) is 10.6. The minimum absolute atomic E-state index is 0.0512. The maximum absolute atomic E-state index is 13.6. The quantitative estimate of drug-likeness (QED) is 0.206. The first-order valence-electron chi connectivity index (χ1n) is 14.1. The molecule has 41 heavy (non-hydrogen) atoms. The van der Waals surface area contributed by atoms with Crippen molar-refractivity contribution in [1.82, 2.24) is 20.7 Å². The Bertz CT molecular complexity index is 1230. The van der Waals surface area contributed by atoms with Crippen molar-refractivity contribution < 1.29 is 24.6 Å². The monoisotopic (exact) mass is 564 g/mol. The Balaban J connectivity index is 2.38. The zero-order valence-electron chi connectivity index (χ0n) is 25.0. The molecule has 0 bridgehead atoms. The van der Waals surface area contributed by atoms with Crippen molar-refractivity contribution in [3.63, 3.8) is 0 Å². The molecule has 2 aromatic carbocycles. The Labute approximate surface area is 243 Å². The molecule has 0 spiro atoms. The van der Waals surface area contributed by atoms with Crippen LogP contribution in [-0.2, 0) is 11.2 Å². The van der Waals surface area contributed by atoms with Gasteiger partial charge in [0.05, 0.1) is 12.1 Å². The Hall–Kier alpha value is -3.87. The maximum Gasteiger partial charge on any atom is 0.253 e. The van der Waals surface area contributed by atoms with Crippen molar-refractivity contribution in [3.05, 3.63) is 64.7 Å². The summed E-state index contributed by atoms with van der Waals surface area (Å²) in [5.74, 6) is 4.84. The minimum Gasteiger partial charge on any atom is -0.508 e. The summed E-state index contributed by atoms with van der Waals surface area (Å²) >= 11 is 0. The zero-order chi connectivity index (χ0) is 30.5. The number of nitrogens with zero attached hydrogens (tertiary/aromatic N) is 2. The van der Waals surface area contributed by atoms with Crippen LogP contribution in [0.2, 0.25) is 0 Å². The highest BCUT2D eigenvalue weighted by atomic mass is 16.3. The predicted molar refractivity (Wildman–Crippen MR) is 160 cm³/mol. The minimum atomic E-state index is -1.06. The third-order valence-electron chi connectivity index (χ3n) is 6.45. The number of likely N-dealkylation sites (N-methyl/N-ethyl adjacent to an activating group) is 1. The summed E-state index contributed by atoms with van der Waals surface area (Å²) in [6.45, 7) is 10.5. The van der Waals surface area contributed by atoms with Crippen molar-refractivity contribution in [3.8, 4) is 17.6 Å². The summed E-state index contributed by atoms with van der Waals surface area (Å²) in [5, 5.41) is 25.3. The number of phenols is 1. The molecule has 9 heteroatoms. The van der Waals surface area contributed by atoms with Crippen LogP contribution < -0.4 is 10.7 Å². The molecule has 0 heterocycles. The number of carbonyl (C=O) groups is 3. The van der Waals surface area contributed by atoms with E-state index >= 15 is 0 Å². The number of phenolic OH excluding ortho intramolecular Hbond substituents is 1. The summed E-state index contributed by atoms with van der Waals surface area (Å²) in [4.78, 5) is 40.8. The molecular weight excluding hydrogens is 520 g/mol. The van der Waals surface area contributed by atoms with Crippen LogP contribution in [0.5, 0.6) is 5.75 Å². The second-order valence-electron chi connectivity index (χ2n) is 10.5. The van der Waals surface area contributed by atoms with E-state index in [-0.39, 0.29) is 42.0 Å². The number of aromatic hydroxyl groups is 1. The zero-order valence-corrected chi connectivity index (χ0v) is 25.0. The van der Waals surface area contributed by atoms with Gasteiger partial charge >= 0.3 is 0 Å². The van der Waals surface area contributed by atoms with E-state index < -0.39 is 18.1 Å². The largest absolute Gasteiger partial charge is 0.508 e. The predicted octanol–water partition coefficient (Wildman–Crippen LogP) is 3.35. The molecule has 0 aromatic heterocycles. The van der Waals surface area contributed by atoms with Gasteiger partial charge in [-0.25, -0.2) is 5.01 Å². The van der Waals surface area contributed by atoms with Gasteiger partial charge in [0.1, 0.15) is 5.75 Å². The number of benzene rings is 2. The van der Waals surface area contributed by atoms with Crippen LogP contribution in [0.25, 0.3) is 0 Å². The molecule has 2 unspecified atom stereocenters. The SMILES string of the molecule is CC#Cc1cc(C(=O)NC(Cc2ccc(O)cc2)C(O)CN(C)NC(=O)C(C)C)cc(C(=O)N(CCC)CCC)c1. The van der Waals surface area contributed by atoms with Gasteiger partial charge in [-0.3, -0.25) is 19.8 Å². The highest BCUT2D eigenvalue weighted by Crippen LogP contribution is 2.16. The number of carbonyl (C=O) groups excluding carboxylic acids is 3. The lowest BCUT2D eigenvalue weighted by molar-refractivity contribution is -0.129. The van der Waals surface area contributed by atoms with Crippen LogP contribution in [0, 0.1) is 17.8 Å². The number of aliphatic hydroxyl groups is 1. The van der Waals surface area contributed by atoms with E-state index in [9.17, 15) is 24.6 Å². The van der Waals surface area contributed by atoms with Gasteiger partial charge in [0, 0.05) is 49.3 Å². The Morgan fingerprint density at radius 1 is 0.976 bits per heavy atom. The molecule has 0 saturated heterocycles. The number of nitrogens with one attached hydrogen (secondary N) is 2. The summed E-state index contributed by atoms with van der Waals surface area (Å²) < 4.78 is 0. The van der Waals surface area contributed by atoms with Crippen molar-refractivity contribution >= 4 is 17.7 Å². The second-order valence-corrected chi connectivity index (χ2v) is 10.5. The fraction of sp³-hybridized carbons (Fsp3) is 0.469. The topological polar surface area (TPSA) is 122 Å².